The van der Waals surface area contributed by atoms with Gasteiger partial charge in [-0.05, 0) is 20.3 Å². The maximum Gasteiger partial charge on any atom is 0.262 e. The van der Waals surface area contributed by atoms with Crippen molar-refractivity contribution in [2.75, 3.05) is 13.1 Å². The lowest BCUT2D eigenvalue weighted by Crippen LogP contribution is -2.41. The van der Waals surface area contributed by atoms with E-state index in [1.54, 1.807) is 6.92 Å². The van der Waals surface area contributed by atoms with Crippen LogP contribution in [0, 0.1) is 13.8 Å². The van der Waals surface area contributed by atoms with Crippen LogP contribution in [0.15, 0.2) is 4.52 Å². The Labute approximate surface area is 109 Å². The number of aromatic nitrogens is 1. The van der Waals surface area contributed by atoms with Crippen molar-refractivity contribution in [2.45, 2.75) is 38.7 Å². The van der Waals surface area contributed by atoms with Crippen LogP contribution in [0.2, 0.25) is 0 Å². The maximum absolute atomic E-state index is 12.9. The van der Waals surface area contributed by atoms with Crippen LogP contribution in [0.25, 0.3) is 0 Å². The summed E-state index contributed by atoms with van der Waals surface area (Å²) in [5.41, 5.74) is 1.74. The zero-order valence-electron chi connectivity index (χ0n) is 10.9. The molecule has 1 amide bonds. The highest BCUT2D eigenvalue weighted by atomic mass is 19.3. The number of nitrogens with zero attached hydrogens (tertiary/aromatic N) is 1. The molecule has 0 saturated carbocycles. The van der Waals surface area contributed by atoms with Crippen LogP contribution in [0.1, 0.15) is 23.4 Å². The number of alkyl halides is 2. The first-order valence-corrected chi connectivity index (χ1v) is 6.20. The number of amides is 1. The first kappa shape index (κ1) is 13.9. The Hall–Kier alpha value is -1.50. The molecule has 1 unspecified atom stereocenters. The van der Waals surface area contributed by atoms with Gasteiger partial charge in [-0.25, -0.2) is 8.78 Å². The minimum absolute atomic E-state index is 0.380. The zero-order valence-corrected chi connectivity index (χ0v) is 10.9. The van der Waals surface area contributed by atoms with Crippen molar-refractivity contribution in [3.63, 3.8) is 0 Å². The standard InChI is InChI=1S/C12H17F2N3O2/c1-7-9(8(2)19-17-7)3-4-15-11(18)10-5-12(13,14)6-16-10/h10,16H,3-6H2,1-2H3,(H,15,18). The quantitative estimate of drug-likeness (QED) is 0.857. The fourth-order valence-electron chi connectivity index (χ4n) is 2.19. The van der Waals surface area contributed by atoms with Gasteiger partial charge < -0.3 is 9.84 Å². The van der Waals surface area contributed by atoms with E-state index in [-0.39, 0.29) is 5.91 Å². The van der Waals surface area contributed by atoms with Gasteiger partial charge in [0.2, 0.25) is 5.91 Å². The average molecular weight is 273 g/mol. The SMILES string of the molecule is Cc1noc(C)c1CCNC(=O)C1CC(F)(F)CN1. The second-order valence-electron chi connectivity index (χ2n) is 4.84. The molecule has 2 rings (SSSR count). The Morgan fingerprint density at radius 3 is 2.84 bits per heavy atom. The molecule has 2 N–H and O–H groups in total. The van der Waals surface area contributed by atoms with Gasteiger partial charge in [0.25, 0.3) is 5.92 Å². The summed E-state index contributed by atoms with van der Waals surface area (Å²) in [4.78, 5) is 11.7. The first-order valence-electron chi connectivity index (χ1n) is 6.20. The van der Waals surface area contributed by atoms with Crippen LogP contribution in [0.4, 0.5) is 8.78 Å². The normalized spacial score (nSPS) is 21.6. The maximum atomic E-state index is 12.9. The van der Waals surface area contributed by atoms with Gasteiger partial charge in [-0.3, -0.25) is 10.1 Å². The number of hydrogen-bond acceptors (Lipinski definition) is 4. The third-order valence-corrected chi connectivity index (χ3v) is 3.28. The third kappa shape index (κ3) is 3.28. The number of nitrogens with one attached hydrogen (secondary N) is 2. The van der Waals surface area contributed by atoms with E-state index in [1.165, 1.54) is 0 Å². The molecular weight excluding hydrogens is 256 g/mol. The van der Waals surface area contributed by atoms with Crippen LogP contribution in [0.5, 0.6) is 0 Å². The lowest BCUT2D eigenvalue weighted by molar-refractivity contribution is -0.123. The molecule has 0 aliphatic carbocycles. The molecule has 106 valence electrons. The van der Waals surface area contributed by atoms with Crippen molar-refractivity contribution in [3.05, 3.63) is 17.0 Å². The molecule has 7 heteroatoms. The Balaban J connectivity index is 1.79. The average Bonchev–Trinajstić information content (AvgIpc) is 2.85. The number of rotatable bonds is 4. The highest BCUT2D eigenvalue weighted by Crippen LogP contribution is 2.25. The number of halogens is 2. The molecule has 0 bridgehead atoms. The van der Waals surface area contributed by atoms with Crippen molar-refractivity contribution < 1.29 is 18.1 Å². The Kier molecular flexibility index (Phi) is 3.84. The molecule has 1 aliphatic heterocycles. The molecule has 1 aliphatic rings. The topological polar surface area (TPSA) is 67.2 Å². The molecule has 0 aromatic carbocycles. The fraction of sp³-hybridized carbons (Fsp3) is 0.667. The Morgan fingerprint density at radius 2 is 2.32 bits per heavy atom. The van der Waals surface area contributed by atoms with E-state index in [4.69, 9.17) is 4.52 Å². The van der Waals surface area contributed by atoms with Gasteiger partial charge in [0.05, 0.1) is 18.3 Å². The van der Waals surface area contributed by atoms with Gasteiger partial charge in [-0.2, -0.15) is 0 Å². The van der Waals surface area contributed by atoms with E-state index >= 15 is 0 Å². The van der Waals surface area contributed by atoms with E-state index in [1.807, 2.05) is 6.92 Å². The monoisotopic (exact) mass is 273 g/mol. The molecule has 1 aromatic rings. The number of aryl methyl sites for hydroxylation is 2. The van der Waals surface area contributed by atoms with Crippen molar-refractivity contribution >= 4 is 5.91 Å². The van der Waals surface area contributed by atoms with Crippen LogP contribution >= 0.6 is 0 Å². The first-order chi connectivity index (χ1) is 8.89. The summed E-state index contributed by atoms with van der Waals surface area (Å²) >= 11 is 0. The predicted octanol–water partition coefficient (Wildman–Crippen LogP) is 0.947. The lowest BCUT2D eigenvalue weighted by atomic mass is 10.1. The fourth-order valence-corrected chi connectivity index (χ4v) is 2.19. The summed E-state index contributed by atoms with van der Waals surface area (Å²) in [5, 5.41) is 8.98. The molecule has 19 heavy (non-hydrogen) atoms. The van der Waals surface area contributed by atoms with Crippen molar-refractivity contribution in [1.82, 2.24) is 15.8 Å². The number of carbonyl (C=O) groups is 1. The van der Waals surface area contributed by atoms with Crippen LogP contribution in [0.3, 0.4) is 0 Å². The van der Waals surface area contributed by atoms with Crippen molar-refractivity contribution in [1.29, 1.82) is 0 Å². The Morgan fingerprint density at radius 1 is 1.58 bits per heavy atom. The summed E-state index contributed by atoms with van der Waals surface area (Å²) in [6.45, 7) is 3.57. The van der Waals surface area contributed by atoms with E-state index in [0.717, 1.165) is 17.0 Å². The molecule has 2 heterocycles. The summed E-state index contributed by atoms with van der Waals surface area (Å²) < 4.78 is 30.9. The number of hydrogen-bond donors (Lipinski definition) is 2. The van der Waals surface area contributed by atoms with E-state index in [2.05, 4.69) is 15.8 Å². The van der Waals surface area contributed by atoms with Gasteiger partial charge in [-0.15, -0.1) is 0 Å². The molecule has 1 saturated heterocycles. The van der Waals surface area contributed by atoms with E-state index in [9.17, 15) is 13.6 Å². The molecule has 0 spiro atoms. The van der Waals surface area contributed by atoms with Gasteiger partial charge in [-0.1, -0.05) is 5.16 Å². The highest BCUT2D eigenvalue weighted by molar-refractivity contribution is 5.82. The molecule has 1 fully saturated rings. The second kappa shape index (κ2) is 5.24. The second-order valence-corrected chi connectivity index (χ2v) is 4.84. The molecule has 1 atom stereocenters. The summed E-state index contributed by atoms with van der Waals surface area (Å²) in [7, 11) is 0. The molecule has 1 aromatic heterocycles. The minimum Gasteiger partial charge on any atom is -0.361 e. The van der Waals surface area contributed by atoms with Crippen molar-refractivity contribution in [2.24, 2.45) is 0 Å². The molecule has 5 nitrogen and oxygen atoms in total. The Bertz CT molecular complexity index is 454. The van der Waals surface area contributed by atoms with Gasteiger partial charge >= 0.3 is 0 Å². The number of carbonyl (C=O) groups excluding carboxylic acids is 1. The minimum atomic E-state index is -2.79. The van der Waals surface area contributed by atoms with Gasteiger partial charge in [0.1, 0.15) is 5.76 Å². The van der Waals surface area contributed by atoms with Crippen LogP contribution in [-0.2, 0) is 11.2 Å². The summed E-state index contributed by atoms with van der Waals surface area (Å²) in [5.74, 6) is -2.45. The molecule has 0 radical (unpaired) electrons. The van der Waals surface area contributed by atoms with E-state index < -0.39 is 24.9 Å². The highest BCUT2D eigenvalue weighted by Gasteiger charge is 2.42. The van der Waals surface area contributed by atoms with Crippen molar-refractivity contribution in [3.8, 4) is 0 Å². The summed E-state index contributed by atoms with van der Waals surface area (Å²) in [6, 6.07) is -0.806. The van der Waals surface area contributed by atoms with Crippen LogP contribution in [-0.4, -0.2) is 36.1 Å². The largest absolute Gasteiger partial charge is 0.361 e. The van der Waals surface area contributed by atoms with Crippen LogP contribution < -0.4 is 10.6 Å². The van der Waals surface area contributed by atoms with E-state index in [0.29, 0.717) is 13.0 Å². The predicted molar refractivity (Wildman–Crippen MR) is 64.0 cm³/mol. The van der Waals surface area contributed by atoms with Gasteiger partial charge in [0.15, 0.2) is 0 Å². The zero-order chi connectivity index (χ0) is 14.0. The van der Waals surface area contributed by atoms with Gasteiger partial charge in [0, 0.05) is 18.5 Å². The molecular formula is C12H17F2N3O2. The third-order valence-electron chi connectivity index (χ3n) is 3.28. The smallest absolute Gasteiger partial charge is 0.262 e. The summed E-state index contributed by atoms with van der Waals surface area (Å²) in [6.07, 6.45) is 0.139. The lowest BCUT2D eigenvalue weighted by Gasteiger charge is -2.11.